The normalized spacial score (nSPS) is 11.2. The first-order valence-corrected chi connectivity index (χ1v) is 12.5. The molecule has 0 radical (unpaired) electrons. The van der Waals surface area contributed by atoms with Crippen molar-refractivity contribution >= 4 is 28.6 Å². The van der Waals surface area contributed by atoms with Gasteiger partial charge < -0.3 is 15.0 Å². The molecule has 6 nitrogen and oxygen atoms in total. The predicted molar refractivity (Wildman–Crippen MR) is 144 cm³/mol. The second kappa shape index (κ2) is 10.8. The monoisotopic (exact) mass is 483 g/mol. The van der Waals surface area contributed by atoms with E-state index in [-0.39, 0.29) is 11.8 Å². The minimum atomic E-state index is -0.934. The number of carboxylic acids is 1. The van der Waals surface area contributed by atoms with Crippen LogP contribution in [0.4, 0.5) is 5.69 Å². The number of amides is 1. The number of hydrogen-bond donors (Lipinski definition) is 2. The Kier molecular flexibility index (Phi) is 7.53. The molecular formula is C30H33N3O3. The van der Waals surface area contributed by atoms with Crippen LogP contribution in [0.15, 0.2) is 60.7 Å². The Morgan fingerprint density at radius 2 is 1.78 bits per heavy atom. The number of fused-ring (bicyclic) bond motifs is 1. The van der Waals surface area contributed by atoms with Crippen molar-refractivity contribution in [2.24, 2.45) is 5.92 Å². The number of rotatable bonds is 9. The van der Waals surface area contributed by atoms with Crippen LogP contribution in [0.2, 0.25) is 0 Å². The van der Waals surface area contributed by atoms with Gasteiger partial charge >= 0.3 is 5.97 Å². The molecule has 0 atom stereocenters. The number of carbonyl (C=O) groups is 2. The summed E-state index contributed by atoms with van der Waals surface area (Å²) < 4.78 is 2.24. The fourth-order valence-electron chi connectivity index (χ4n) is 4.40. The van der Waals surface area contributed by atoms with Crippen LogP contribution < -0.4 is 5.32 Å². The van der Waals surface area contributed by atoms with Gasteiger partial charge in [0.15, 0.2) is 0 Å². The lowest BCUT2D eigenvalue weighted by Gasteiger charge is -2.13. The van der Waals surface area contributed by atoms with Gasteiger partial charge in [-0.05, 0) is 53.8 Å². The van der Waals surface area contributed by atoms with Gasteiger partial charge in [0, 0.05) is 24.6 Å². The molecule has 1 heterocycles. The number of carboxylic acid groups (broad SMARTS) is 1. The molecular weight excluding hydrogens is 450 g/mol. The Labute approximate surface area is 212 Å². The van der Waals surface area contributed by atoms with Crippen molar-refractivity contribution in [1.82, 2.24) is 9.55 Å². The summed E-state index contributed by atoms with van der Waals surface area (Å²) in [6.07, 6.45) is 3.00. The van der Waals surface area contributed by atoms with Crippen molar-refractivity contribution in [3.8, 4) is 11.1 Å². The molecule has 0 aliphatic heterocycles. The average molecular weight is 484 g/mol. The Morgan fingerprint density at radius 1 is 1.06 bits per heavy atom. The lowest BCUT2D eigenvalue weighted by molar-refractivity contribution is -0.118. The van der Waals surface area contributed by atoms with Crippen LogP contribution in [0.3, 0.4) is 0 Å². The highest BCUT2D eigenvalue weighted by Gasteiger charge is 2.16. The maximum Gasteiger partial charge on any atom is 0.336 e. The van der Waals surface area contributed by atoms with E-state index in [1.807, 2.05) is 69.3 Å². The van der Waals surface area contributed by atoms with Gasteiger partial charge in [-0.2, -0.15) is 0 Å². The lowest BCUT2D eigenvalue weighted by atomic mass is 9.99. The van der Waals surface area contributed by atoms with Crippen molar-refractivity contribution in [3.63, 3.8) is 0 Å². The molecule has 0 saturated carbocycles. The van der Waals surface area contributed by atoms with E-state index >= 15 is 0 Å². The lowest BCUT2D eigenvalue weighted by Crippen LogP contribution is -2.17. The van der Waals surface area contributed by atoms with E-state index < -0.39 is 5.97 Å². The molecule has 0 fully saturated rings. The third kappa shape index (κ3) is 5.33. The van der Waals surface area contributed by atoms with Gasteiger partial charge in [0.25, 0.3) is 0 Å². The highest BCUT2D eigenvalue weighted by molar-refractivity contribution is 5.96. The first kappa shape index (κ1) is 25.2. The SMILES string of the molecule is CCCCc1nc2c(C)cc(NC(=O)C(C)C)cc2n1Cc1ccc(-c2ccccc2C(=O)O)cc1. The van der Waals surface area contributed by atoms with Gasteiger partial charge in [-0.1, -0.05) is 69.7 Å². The van der Waals surface area contributed by atoms with Gasteiger partial charge in [0.05, 0.1) is 16.6 Å². The molecule has 2 N–H and O–H groups in total. The van der Waals surface area contributed by atoms with E-state index in [4.69, 9.17) is 4.98 Å². The third-order valence-corrected chi connectivity index (χ3v) is 6.43. The van der Waals surface area contributed by atoms with Crippen molar-refractivity contribution in [2.45, 2.75) is 53.5 Å². The number of carbonyl (C=O) groups excluding carboxylic acids is 1. The number of imidazole rings is 1. The number of aryl methyl sites for hydroxylation is 2. The Morgan fingerprint density at radius 3 is 2.44 bits per heavy atom. The molecule has 186 valence electrons. The molecule has 0 aliphatic carbocycles. The summed E-state index contributed by atoms with van der Waals surface area (Å²) >= 11 is 0. The van der Waals surface area contributed by atoms with Crippen LogP contribution >= 0.6 is 0 Å². The summed E-state index contributed by atoms with van der Waals surface area (Å²) in [4.78, 5) is 29.0. The Balaban J connectivity index is 1.71. The zero-order valence-corrected chi connectivity index (χ0v) is 21.3. The van der Waals surface area contributed by atoms with Crippen LogP contribution in [0.1, 0.15) is 60.9 Å². The molecule has 1 amide bonds. The average Bonchev–Trinajstić information content (AvgIpc) is 3.20. The fourth-order valence-corrected chi connectivity index (χ4v) is 4.40. The van der Waals surface area contributed by atoms with Gasteiger partial charge in [-0.25, -0.2) is 9.78 Å². The second-order valence-electron chi connectivity index (χ2n) is 9.57. The summed E-state index contributed by atoms with van der Waals surface area (Å²) in [6.45, 7) is 8.60. The summed E-state index contributed by atoms with van der Waals surface area (Å²) in [7, 11) is 0. The summed E-state index contributed by atoms with van der Waals surface area (Å²) in [5, 5.41) is 12.6. The van der Waals surface area contributed by atoms with Gasteiger partial charge in [-0.3, -0.25) is 4.79 Å². The molecule has 0 aliphatic rings. The number of unbranched alkanes of at least 4 members (excludes halogenated alkanes) is 1. The second-order valence-corrected chi connectivity index (χ2v) is 9.57. The standard InChI is InChI=1S/C30H33N3O3/c1-5-6-11-27-32-28-20(4)16-23(31-29(34)19(2)3)17-26(28)33(27)18-21-12-14-22(15-13-21)24-9-7-8-10-25(24)30(35)36/h7-10,12-17,19H,5-6,11,18H2,1-4H3,(H,31,34)(H,35,36). The number of nitrogens with one attached hydrogen (secondary N) is 1. The zero-order valence-electron chi connectivity index (χ0n) is 21.3. The zero-order chi connectivity index (χ0) is 25.8. The van der Waals surface area contributed by atoms with Gasteiger partial charge in [0.2, 0.25) is 5.91 Å². The molecule has 3 aromatic carbocycles. The smallest absolute Gasteiger partial charge is 0.336 e. The minimum Gasteiger partial charge on any atom is -0.478 e. The van der Waals surface area contributed by atoms with E-state index in [1.165, 1.54) is 0 Å². The molecule has 4 rings (SSSR count). The molecule has 6 heteroatoms. The maximum atomic E-state index is 12.3. The van der Waals surface area contributed by atoms with Gasteiger partial charge in [-0.15, -0.1) is 0 Å². The topological polar surface area (TPSA) is 84.2 Å². The van der Waals surface area contributed by atoms with Crippen LogP contribution in [-0.4, -0.2) is 26.5 Å². The number of benzene rings is 3. The molecule has 4 aromatic rings. The van der Waals surface area contributed by atoms with Crippen molar-refractivity contribution < 1.29 is 14.7 Å². The first-order chi connectivity index (χ1) is 17.3. The van der Waals surface area contributed by atoms with E-state index in [9.17, 15) is 14.7 Å². The molecule has 0 bridgehead atoms. The molecule has 0 spiro atoms. The van der Waals surface area contributed by atoms with E-state index in [0.717, 1.165) is 58.5 Å². The van der Waals surface area contributed by atoms with E-state index in [0.29, 0.717) is 17.7 Å². The van der Waals surface area contributed by atoms with Crippen molar-refractivity contribution in [2.75, 3.05) is 5.32 Å². The number of nitrogens with zero attached hydrogens (tertiary/aromatic N) is 2. The predicted octanol–water partition coefficient (Wildman–Crippen LogP) is 6.70. The van der Waals surface area contributed by atoms with Crippen LogP contribution in [-0.2, 0) is 17.8 Å². The molecule has 0 unspecified atom stereocenters. The largest absolute Gasteiger partial charge is 0.478 e. The fraction of sp³-hybridized carbons (Fsp3) is 0.300. The highest BCUT2D eigenvalue weighted by Crippen LogP contribution is 2.28. The Hall–Kier alpha value is -3.93. The quantitative estimate of drug-likeness (QED) is 0.278. The number of aromatic carboxylic acids is 1. The van der Waals surface area contributed by atoms with Gasteiger partial charge in [0.1, 0.15) is 5.82 Å². The Bertz CT molecular complexity index is 1400. The summed E-state index contributed by atoms with van der Waals surface area (Å²) in [6, 6.07) is 19.1. The van der Waals surface area contributed by atoms with E-state index in [1.54, 1.807) is 12.1 Å². The number of anilines is 1. The highest BCUT2D eigenvalue weighted by atomic mass is 16.4. The minimum absolute atomic E-state index is 0.0109. The molecule has 1 aromatic heterocycles. The first-order valence-electron chi connectivity index (χ1n) is 12.5. The van der Waals surface area contributed by atoms with Crippen LogP contribution in [0.25, 0.3) is 22.2 Å². The molecule has 36 heavy (non-hydrogen) atoms. The van der Waals surface area contributed by atoms with Crippen molar-refractivity contribution in [1.29, 1.82) is 0 Å². The van der Waals surface area contributed by atoms with Crippen molar-refractivity contribution in [3.05, 3.63) is 83.2 Å². The summed E-state index contributed by atoms with van der Waals surface area (Å²) in [5.74, 6) is -0.0162. The third-order valence-electron chi connectivity index (χ3n) is 6.43. The summed E-state index contributed by atoms with van der Waals surface area (Å²) in [5.41, 5.74) is 6.72. The van der Waals surface area contributed by atoms with Crippen LogP contribution in [0, 0.1) is 12.8 Å². The van der Waals surface area contributed by atoms with Crippen LogP contribution in [0.5, 0.6) is 0 Å². The molecule has 0 saturated heterocycles. The number of hydrogen-bond acceptors (Lipinski definition) is 3. The van der Waals surface area contributed by atoms with E-state index in [2.05, 4.69) is 16.8 Å². The maximum absolute atomic E-state index is 12.3. The number of aromatic nitrogens is 2.